The number of nitrogens with one attached hydrogen (secondary N) is 3. The van der Waals surface area contributed by atoms with Crippen LogP contribution in [0.5, 0.6) is 0 Å². The second-order valence-corrected chi connectivity index (χ2v) is 6.73. The molecule has 0 bridgehead atoms. The number of nitrogens with zero attached hydrogens (tertiary/aromatic N) is 2. The lowest BCUT2D eigenvalue weighted by atomic mass is 10.1. The van der Waals surface area contributed by atoms with Gasteiger partial charge in [0, 0.05) is 35.0 Å². The number of fused-ring (bicyclic) bond motifs is 1. The number of aromatic nitrogens is 2. The fraction of sp³-hybridized carbons (Fsp3) is 0.136. The van der Waals surface area contributed by atoms with Crippen LogP contribution in [0.1, 0.15) is 22.5 Å². The zero-order chi connectivity index (χ0) is 19.5. The number of hydrogen-bond acceptors (Lipinski definition) is 5. The van der Waals surface area contributed by atoms with Gasteiger partial charge < -0.3 is 16.0 Å². The van der Waals surface area contributed by atoms with E-state index in [1.54, 1.807) is 18.6 Å². The van der Waals surface area contributed by atoms with Crippen molar-refractivity contribution in [3.05, 3.63) is 83.6 Å². The highest BCUT2D eigenvalue weighted by Crippen LogP contribution is 2.31. The van der Waals surface area contributed by atoms with Crippen LogP contribution in [0, 0.1) is 13.8 Å². The van der Waals surface area contributed by atoms with E-state index in [1.807, 2.05) is 56.3 Å². The van der Waals surface area contributed by atoms with Crippen LogP contribution in [0.3, 0.4) is 0 Å². The highest BCUT2D eigenvalue weighted by molar-refractivity contribution is 6.31. The smallest absolute Gasteiger partial charge is 0.257 e. The first kappa shape index (κ1) is 17.7. The molecule has 0 radical (unpaired) electrons. The molecule has 0 spiro atoms. The van der Waals surface area contributed by atoms with Crippen molar-refractivity contribution in [2.75, 3.05) is 16.0 Å². The number of aryl methyl sites for hydroxylation is 2. The summed E-state index contributed by atoms with van der Waals surface area (Å²) in [7, 11) is 0. The van der Waals surface area contributed by atoms with Crippen molar-refractivity contribution in [3.8, 4) is 0 Å². The first-order valence-electron chi connectivity index (χ1n) is 9.09. The lowest BCUT2D eigenvalue weighted by Crippen LogP contribution is -2.05. The predicted octanol–water partition coefficient (Wildman–Crippen LogP) is 4.11. The summed E-state index contributed by atoms with van der Waals surface area (Å²) in [6, 6.07) is 13.7. The molecule has 1 aliphatic rings. The fourth-order valence-electron chi connectivity index (χ4n) is 3.09. The van der Waals surface area contributed by atoms with Crippen molar-refractivity contribution in [2.45, 2.75) is 20.4 Å². The summed E-state index contributed by atoms with van der Waals surface area (Å²) in [5, 5.41) is 9.49. The Kier molecular flexibility index (Phi) is 4.76. The zero-order valence-electron chi connectivity index (χ0n) is 15.8. The summed E-state index contributed by atoms with van der Waals surface area (Å²) in [6.07, 6.45) is 5.30. The van der Waals surface area contributed by atoms with Crippen molar-refractivity contribution in [1.82, 2.24) is 9.97 Å². The Balaban J connectivity index is 1.45. The van der Waals surface area contributed by atoms with Crippen molar-refractivity contribution >= 4 is 28.5 Å². The van der Waals surface area contributed by atoms with Crippen molar-refractivity contribution in [2.24, 2.45) is 0 Å². The molecule has 0 aliphatic carbocycles. The van der Waals surface area contributed by atoms with Crippen LogP contribution >= 0.6 is 0 Å². The number of carbonyl (C=O) groups excluding carboxylic acids is 1. The average molecular weight is 371 g/mol. The minimum Gasteiger partial charge on any atom is -0.379 e. The Hall–Kier alpha value is -3.67. The number of hydrogen-bond donors (Lipinski definition) is 3. The third kappa shape index (κ3) is 3.71. The maximum atomic E-state index is 12.2. The SMILES string of the molecule is Cc1cnc(CNc2ccc(N/C=C3/C(=O)Nc4ccccc43)cc2C)cn1. The minimum atomic E-state index is -0.0945. The van der Waals surface area contributed by atoms with Gasteiger partial charge in [-0.05, 0) is 43.7 Å². The van der Waals surface area contributed by atoms with E-state index in [1.165, 1.54) is 0 Å². The Morgan fingerprint density at radius 2 is 1.93 bits per heavy atom. The summed E-state index contributed by atoms with van der Waals surface area (Å²) in [4.78, 5) is 20.8. The third-order valence-corrected chi connectivity index (χ3v) is 4.61. The lowest BCUT2D eigenvalue weighted by Gasteiger charge is -2.11. The van der Waals surface area contributed by atoms with Gasteiger partial charge in [0.25, 0.3) is 5.91 Å². The van der Waals surface area contributed by atoms with E-state index < -0.39 is 0 Å². The number of benzene rings is 2. The number of para-hydroxylation sites is 1. The Morgan fingerprint density at radius 1 is 1.07 bits per heavy atom. The van der Waals surface area contributed by atoms with Crippen LogP contribution < -0.4 is 16.0 Å². The molecular formula is C22H21N5O. The lowest BCUT2D eigenvalue weighted by molar-refractivity contribution is -0.110. The van der Waals surface area contributed by atoms with Gasteiger partial charge >= 0.3 is 0 Å². The van der Waals surface area contributed by atoms with Crippen LogP contribution in [-0.4, -0.2) is 15.9 Å². The van der Waals surface area contributed by atoms with Crippen LogP contribution in [0.15, 0.2) is 61.1 Å². The van der Waals surface area contributed by atoms with Gasteiger partial charge in [0.15, 0.2) is 0 Å². The first-order chi connectivity index (χ1) is 13.6. The Labute approximate surface area is 163 Å². The van der Waals surface area contributed by atoms with Gasteiger partial charge in [-0.1, -0.05) is 18.2 Å². The van der Waals surface area contributed by atoms with Crippen LogP contribution in [0.25, 0.3) is 5.57 Å². The molecule has 2 heterocycles. The Morgan fingerprint density at radius 3 is 2.71 bits per heavy atom. The topological polar surface area (TPSA) is 78.9 Å². The normalized spacial score (nSPS) is 13.9. The largest absolute Gasteiger partial charge is 0.379 e. The first-order valence-corrected chi connectivity index (χ1v) is 9.09. The summed E-state index contributed by atoms with van der Waals surface area (Å²) in [5.74, 6) is -0.0945. The van der Waals surface area contributed by atoms with Gasteiger partial charge in [-0.15, -0.1) is 0 Å². The average Bonchev–Trinajstić information content (AvgIpc) is 3.02. The maximum Gasteiger partial charge on any atom is 0.257 e. The molecule has 0 atom stereocenters. The molecule has 28 heavy (non-hydrogen) atoms. The van der Waals surface area contributed by atoms with E-state index in [-0.39, 0.29) is 5.91 Å². The molecule has 0 saturated carbocycles. The van der Waals surface area contributed by atoms with Gasteiger partial charge in [-0.3, -0.25) is 14.8 Å². The van der Waals surface area contributed by atoms with Gasteiger partial charge in [-0.2, -0.15) is 0 Å². The van der Waals surface area contributed by atoms with E-state index >= 15 is 0 Å². The molecule has 2 aromatic carbocycles. The summed E-state index contributed by atoms with van der Waals surface area (Å²) in [6.45, 7) is 4.57. The fourth-order valence-corrected chi connectivity index (χ4v) is 3.09. The van der Waals surface area contributed by atoms with E-state index in [4.69, 9.17) is 0 Å². The minimum absolute atomic E-state index is 0.0945. The molecule has 0 unspecified atom stereocenters. The monoisotopic (exact) mass is 371 g/mol. The van der Waals surface area contributed by atoms with Gasteiger partial charge in [-0.25, -0.2) is 0 Å². The van der Waals surface area contributed by atoms with Gasteiger partial charge in [0.2, 0.25) is 0 Å². The van der Waals surface area contributed by atoms with Crippen LogP contribution in [-0.2, 0) is 11.3 Å². The molecule has 140 valence electrons. The molecule has 1 amide bonds. The molecule has 1 aromatic heterocycles. The molecule has 3 N–H and O–H groups in total. The van der Waals surface area contributed by atoms with Gasteiger partial charge in [0.05, 0.1) is 29.7 Å². The summed E-state index contributed by atoms with van der Waals surface area (Å²) >= 11 is 0. The molecule has 0 saturated heterocycles. The quantitative estimate of drug-likeness (QED) is 0.588. The number of rotatable bonds is 5. The van der Waals surface area contributed by atoms with E-state index in [9.17, 15) is 4.79 Å². The molecule has 4 rings (SSSR count). The van der Waals surface area contributed by atoms with E-state index in [2.05, 4.69) is 25.9 Å². The highest BCUT2D eigenvalue weighted by atomic mass is 16.2. The van der Waals surface area contributed by atoms with Crippen molar-refractivity contribution in [1.29, 1.82) is 0 Å². The predicted molar refractivity (Wildman–Crippen MR) is 112 cm³/mol. The highest BCUT2D eigenvalue weighted by Gasteiger charge is 2.23. The maximum absolute atomic E-state index is 12.2. The van der Waals surface area contributed by atoms with Crippen molar-refractivity contribution < 1.29 is 4.79 Å². The van der Waals surface area contributed by atoms with Crippen LogP contribution in [0.4, 0.5) is 17.1 Å². The standard InChI is InChI=1S/C22H21N5O/c1-14-9-16(7-8-20(14)26-12-17-11-23-15(2)10-24-17)25-13-19-18-5-3-4-6-21(18)27-22(19)28/h3-11,13,25-26H,12H2,1-2H3,(H,27,28)/b19-13+. The third-order valence-electron chi connectivity index (χ3n) is 4.61. The summed E-state index contributed by atoms with van der Waals surface area (Å²) in [5.41, 5.74) is 7.23. The second kappa shape index (κ2) is 7.52. The molecule has 1 aliphatic heterocycles. The molecule has 3 aromatic rings. The molecule has 6 heteroatoms. The number of carbonyl (C=O) groups is 1. The molecular weight excluding hydrogens is 350 g/mol. The summed E-state index contributed by atoms with van der Waals surface area (Å²) < 4.78 is 0. The zero-order valence-corrected chi connectivity index (χ0v) is 15.8. The van der Waals surface area contributed by atoms with Crippen molar-refractivity contribution in [3.63, 3.8) is 0 Å². The van der Waals surface area contributed by atoms with E-state index in [0.717, 1.165) is 39.6 Å². The van der Waals surface area contributed by atoms with E-state index in [0.29, 0.717) is 12.1 Å². The molecule has 0 fully saturated rings. The number of amides is 1. The van der Waals surface area contributed by atoms with Crippen LogP contribution in [0.2, 0.25) is 0 Å². The van der Waals surface area contributed by atoms with Gasteiger partial charge in [0.1, 0.15) is 0 Å². The number of anilines is 3. The molecule has 6 nitrogen and oxygen atoms in total. The second-order valence-electron chi connectivity index (χ2n) is 6.73. The Bertz CT molecular complexity index is 1060.